The van der Waals surface area contributed by atoms with Gasteiger partial charge in [-0.05, 0) is 84.2 Å². The summed E-state index contributed by atoms with van der Waals surface area (Å²) >= 11 is 0. The average molecular weight is 522 g/mol. The van der Waals surface area contributed by atoms with Crippen molar-refractivity contribution >= 4 is 23.6 Å². The number of alkyl carbamates (subject to hydrolysis) is 1. The Morgan fingerprint density at radius 1 is 1.00 bits per heavy atom. The van der Waals surface area contributed by atoms with E-state index in [1.807, 2.05) is 32.0 Å². The van der Waals surface area contributed by atoms with Crippen LogP contribution in [-0.2, 0) is 14.3 Å². The minimum Gasteiger partial charge on any atom is -0.444 e. The van der Waals surface area contributed by atoms with Gasteiger partial charge < -0.3 is 25.4 Å². The maximum atomic E-state index is 14.0. The molecule has 2 aromatic carbocycles. The number of rotatable bonds is 7. The fraction of sp³-hybridized carbons (Fsp3) is 0.433. The number of carbonyl (C=O) groups excluding carboxylic acids is 3. The summed E-state index contributed by atoms with van der Waals surface area (Å²) in [6, 6.07) is 10.0. The number of amides is 3. The number of hydrogen-bond donors (Lipinski definition) is 3. The molecular weight excluding hydrogens is 482 g/mol. The summed E-state index contributed by atoms with van der Waals surface area (Å²) in [7, 11) is 0. The molecule has 2 rings (SSSR count). The van der Waals surface area contributed by atoms with Gasteiger partial charge in [-0.25, -0.2) is 4.79 Å². The lowest BCUT2D eigenvalue weighted by molar-refractivity contribution is -0.147. The number of aryl methyl sites for hydroxylation is 2. The number of ether oxygens (including phenoxy) is 1. The van der Waals surface area contributed by atoms with E-state index in [2.05, 4.69) is 16.6 Å². The Hall–Kier alpha value is -3.83. The van der Waals surface area contributed by atoms with E-state index in [-0.39, 0.29) is 0 Å². The van der Waals surface area contributed by atoms with Crippen molar-refractivity contribution in [2.45, 2.75) is 78.6 Å². The van der Waals surface area contributed by atoms with E-state index in [0.29, 0.717) is 16.8 Å². The quantitative estimate of drug-likeness (QED) is 0.466. The van der Waals surface area contributed by atoms with Gasteiger partial charge in [-0.1, -0.05) is 36.3 Å². The fourth-order valence-corrected chi connectivity index (χ4v) is 4.03. The molecule has 0 heterocycles. The molecule has 2 atom stereocenters. The third-order valence-corrected chi connectivity index (χ3v) is 5.76. The Kier molecular flexibility index (Phi) is 9.71. The maximum absolute atomic E-state index is 14.0. The minimum atomic E-state index is -1.34. The summed E-state index contributed by atoms with van der Waals surface area (Å²) in [5.41, 5.74) is 1.83. The number of carbonyl (C=O) groups is 3. The largest absolute Gasteiger partial charge is 0.444 e. The Morgan fingerprint density at radius 2 is 1.55 bits per heavy atom. The first-order valence-corrected chi connectivity index (χ1v) is 12.5. The van der Waals surface area contributed by atoms with Crippen LogP contribution in [0.2, 0.25) is 0 Å². The van der Waals surface area contributed by atoms with Gasteiger partial charge in [-0.3, -0.25) is 9.59 Å². The third kappa shape index (κ3) is 7.83. The van der Waals surface area contributed by atoms with E-state index in [1.54, 1.807) is 65.8 Å². The fourth-order valence-electron chi connectivity index (χ4n) is 4.03. The van der Waals surface area contributed by atoms with E-state index in [0.717, 1.165) is 11.1 Å². The van der Waals surface area contributed by atoms with Crippen LogP contribution < -0.4 is 10.6 Å². The highest BCUT2D eigenvalue weighted by Gasteiger charge is 2.42. The zero-order valence-corrected chi connectivity index (χ0v) is 23.5. The van der Waals surface area contributed by atoms with Crippen molar-refractivity contribution < 1.29 is 24.2 Å². The van der Waals surface area contributed by atoms with Gasteiger partial charge in [0.25, 0.3) is 5.91 Å². The van der Waals surface area contributed by atoms with Crippen molar-refractivity contribution in [3.63, 3.8) is 0 Å². The van der Waals surface area contributed by atoms with Crippen LogP contribution in [0, 0.1) is 26.2 Å². The van der Waals surface area contributed by atoms with Crippen LogP contribution in [0.1, 0.15) is 69.8 Å². The van der Waals surface area contributed by atoms with E-state index < -0.39 is 47.7 Å². The van der Waals surface area contributed by atoms with Crippen LogP contribution in [0.4, 0.5) is 10.5 Å². The van der Waals surface area contributed by atoms with E-state index in [1.165, 1.54) is 4.90 Å². The molecule has 0 radical (unpaired) electrons. The van der Waals surface area contributed by atoms with Gasteiger partial charge in [0.15, 0.2) is 0 Å². The van der Waals surface area contributed by atoms with Crippen LogP contribution >= 0.6 is 0 Å². The van der Waals surface area contributed by atoms with Crippen LogP contribution in [0.3, 0.4) is 0 Å². The first kappa shape index (κ1) is 30.4. The van der Waals surface area contributed by atoms with Crippen LogP contribution in [0.25, 0.3) is 0 Å². The first-order chi connectivity index (χ1) is 17.6. The number of aliphatic hydroxyl groups is 1. The second kappa shape index (κ2) is 12.1. The second-order valence-corrected chi connectivity index (χ2v) is 11.2. The Labute approximate surface area is 225 Å². The SMILES string of the molecule is C#Cc1ccc(C(C(=O)Nc2c(C)cccc2C)N(C(=O)C(CO)NC(=O)OC(C)(C)C)C(C)(C)C)cc1. The number of terminal acetylenes is 1. The number of nitrogens with zero attached hydrogens (tertiary/aromatic N) is 1. The van der Waals surface area contributed by atoms with Crippen LogP contribution in [-0.4, -0.2) is 51.7 Å². The molecule has 8 heteroatoms. The molecule has 0 aliphatic heterocycles. The zero-order chi connectivity index (χ0) is 28.8. The number of anilines is 1. The molecule has 3 N–H and O–H groups in total. The van der Waals surface area contributed by atoms with Gasteiger partial charge in [0.05, 0.1) is 6.61 Å². The maximum Gasteiger partial charge on any atom is 0.408 e. The van der Waals surface area contributed by atoms with Crippen molar-refractivity contribution in [2.24, 2.45) is 0 Å². The van der Waals surface area contributed by atoms with Gasteiger partial charge >= 0.3 is 6.09 Å². The molecule has 0 aromatic heterocycles. The predicted octanol–water partition coefficient (Wildman–Crippen LogP) is 4.48. The van der Waals surface area contributed by atoms with Crippen molar-refractivity contribution in [1.29, 1.82) is 0 Å². The molecule has 204 valence electrons. The van der Waals surface area contributed by atoms with Gasteiger partial charge in [-0.15, -0.1) is 6.42 Å². The summed E-state index contributed by atoms with van der Waals surface area (Å²) in [6.07, 6.45) is 4.67. The molecule has 0 saturated carbocycles. The van der Waals surface area contributed by atoms with Crippen LogP contribution in [0.5, 0.6) is 0 Å². The van der Waals surface area contributed by atoms with E-state index in [4.69, 9.17) is 11.2 Å². The summed E-state index contributed by atoms with van der Waals surface area (Å²) in [6.45, 7) is 13.5. The highest BCUT2D eigenvalue weighted by molar-refractivity contribution is 6.00. The summed E-state index contributed by atoms with van der Waals surface area (Å²) in [4.78, 5) is 41.7. The molecule has 8 nitrogen and oxygen atoms in total. The van der Waals surface area contributed by atoms with Gasteiger partial charge in [0, 0.05) is 16.8 Å². The van der Waals surface area contributed by atoms with Crippen molar-refractivity contribution in [2.75, 3.05) is 11.9 Å². The lowest BCUT2D eigenvalue weighted by Crippen LogP contribution is -2.59. The van der Waals surface area contributed by atoms with Crippen molar-refractivity contribution in [3.05, 3.63) is 64.7 Å². The lowest BCUT2D eigenvalue weighted by Gasteiger charge is -2.43. The molecular formula is C30H39N3O5. The number of hydrogen-bond acceptors (Lipinski definition) is 5. The Morgan fingerprint density at radius 3 is 2.00 bits per heavy atom. The topological polar surface area (TPSA) is 108 Å². The average Bonchev–Trinajstić information content (AvgIpc) is 2.81. The number of aliphatic hydroxyl groups excluding tert-OH is 1. The molecule has 0 saturated heterocycles. The first-order valence-electron chi connectivity index (χ1n) is 12.5. The van der Waals surface area contributed by atoms with Crippen molar-refractivity contribution in [3.8, 4) is 12.3 Å². The summed E-state index contributed by atoms with van der Waals surface area (Å²) < 4.78 is 5.28. The van der Waals surface area contributed by atoms with Gasteiger partial charge in [0.1, 0.15) is 17.7 Å². The molecule has 0 bridgehead atoms. The van der Waals surface area contributed by atoms with Gasteiger partial charge in [-0.2, -0.15) is 0 Å². The monoisotopic (exact) mass is 521 g/mol. The minimum absolute atomic E-state index is 0.451. The van der Waals surface area contributed by atoms with Crippen LogP contribution in [0.15, 0.2) is 42.5 Å². The molecule has 0 spiro atoms. The smallest absolute Gasteiger partial charge is 0.408 e. The number of para-hydroxylation sites is 1. The standard InChI is InChI=1S/C30H39N3O5/c1-10-21-14-16-22(17-15-21)25(26(35)32-24-19(2)12-11-13-20(24)3)33(29(4,5)6)27(36)23(18-34)31-28(37)38-30(7,8)9/h1,11-17,23,25,34H,18H2,2-9H3,(H,31,37)(H,32,35). The molecule has 2 unspecified atom stereocenters. The molecule has 2 aromatic rings. The molecule has 0 aliphatic rings. The second-order valence-electron chi connectivity index (χ2n) is 11.2. The van der Waals surface area contributed by atoms with E-state index >= 15 is 0 Å². The molecule has 38 heavy (non-hydrogen) atoms. The Balaban J connectivity index is 2.59. The number of nitrogens with one attached hydrogen (secondary N) is 2. The third-order valence-electron chi connectivity index (χ3n) is 5.76. The highest BCUT2D eigenvalue weighted by atomic mass is 16.6. The lowest BCUT2D eigenvalue weighted by atomic mass is 9.94. The zero-order valence-electron chi connectivity index (χ0n) is 23.5. The molecule has 0 fully saturated rings. The predicted molar refractivity (Wildman–Crippen MR) is 149 cm³/mol. The summed E-state index contributed by atoms with van der Waals surface area (Å²) in [5, 5.41) is 15.5. The van der Waals surface area contributed by atoms with E-state index in [9.17, 15) is 19.5 Å². The number of benzene rings is 2. The Bertz CT molecular complexity index is 1180. The van der Waals surface area contributed by atoms with Gasteiger partial charge in [0.2, 0.25) is 5.91 Å². The van der Waals surface area contributed by atoms with Crippen molar-refractivity contribution in [1.82, 2.24) is 10.2 Å². The molecule has 0 aliphatic carbocycles. The summed E-state index contributed by atoms with van der Waals surface area (Å²) in [5.74, 6) is 1.46. The molecule has 3 amide bonds. The normalized spacial score (nSPS) is 13.1. The highest BCUT2D eigenvalue weighted by Crippen LogP contribution is 2.32.